The van der Waals surface area contributed by atoms with Crippen molar-refractivity contribution in [3.05, 3.63) is 0 Å². The van der Waals surface area contributed by atoms with Gasteiger partial charge in [0.15, 0.2) is 0 Å². The van der Waals surface area contributed by atoms with Crippen LogP contribution in [0.4, 0.5) is 0 Å². The number of aliphatic carboxylic acids is 1. The summed E-state index contributed by atoms with van der Waals surface area (Å²) in [6.45, 7) is 2.20. The number of carboxylic acid groups (broad SMARTS) is 1. The van der Waals surface area contributed by atoms with E-state index < -0.39 is 5.97 Å². The van der Waals surface area contributed by atoms with Crippen LogP contribution in [-0.2, 0) is 4.79 Å². The highest BCUT2D eigenvalue weighted by Crippen LogP contribution is 2.15. The molecule has 0 amide bonds. The van der Waals surface area contributed by atoms with E-state index in [9.17, 15) is 4.79 Å². The maximum atomic E-state index is 10.2. The monoisotopic (exact) mass is 182 g/mol. The number of hydrogen-bond donors (Lipinski definition) is 1. The highest BCUT2D eigenvalue weighted by molar-refractivity contribution is 6.08. The molecule has 74 valence electrons. The normalized spacial score (nSPS) is 12.7. The van der Waals surface area contributed by atoms with E-state index in [-0.39, 0.29) is 0 Å². The molecular formula is C10H19BO2. The van der Waals surface area contributed by atoms with Crippen molar-refractivity contribution in [2.75, 3.05) is 0 Å². The summed E-state index contributed by atoms with van der Waals surface area (Å²) in [6.07, 6.45) is 6.29. The predicted molar refractivity (Wildman–Crippen MR) is 55.1 cm³/mol. The third-order valence-corrected chi connectivity index (χ3v) is 2.24. The van der Waals surface area contributed by atoms with E-state index in [2.05, 4.69) is 6.92 Å². The van der Waals surface area contributed by atoms with Gasteiger partial charge < -0.3 is 5.11 Å². The van der Waals surface area contributed by atoms with Crippen LogP contribution in [0.1, 0.15) is 45.4 Å². The standard InChI is InChI=1S/C10H19BO2/c1-9(6-4-8-11)5-2-3-7-10(12)13/h9H,2-8H2,1H3,(H,12,13). The van der Waals surface area contributed by atoms with E-state index in [1.165, 1.54) is 6.42 Å². The molecule has 0 saturated heterocycles. The van der Waals surface area contributed by atoms with Crippen molar-refractivity contribution in [2.45, 2.75) is 51.8 Å². The molecule has 3 heteroatoms. The third-order valence-electron chi connectivity index (χ3n) is 2.24. The summed E-state index contributed by atoms with van der Waals surface area (Å²) in [5.41, 5.74) is 0. The topological polar surface area (TPSA) is 37.3 Å². The van der Waals surface area contributed by atoms with Gasteiger partial charge in [0.25, 0.3) is 0 Å². The van der Waals surface area contributed by atoms with Gasteiger partial charge in [-0.3, -0.25) is 4.79 Å². The second kappa shape index (κ2) is 8.15. The highest BCUT2D eigenvalue weighted by Gasteiger charge is 2.02. The summed E-state index contributed by atoms with van der Waals surface area (Å²) < 4.78 is 0. The van der Waals surface area contributed by atoms with Crippen LogP contribution < -0.4 is 0 Å². The first kappa shape index (κ1) is 12.5. The molecule has 0 bridgehead atoms. The lowest BCUT2D eigenvalue weighted by Gasteiger charge is -2.09. The quantitative estimate of drug-likeness (QED) is 0.462. The minimum absolute atomic E-state index is 0.309. The summed E-state index contributed by atoms with van der Waals surface area (Å²) in [5.74, 6) is 0.00644. The van der Waals surface area contributed by atoms with Gasteiger partial charge in [-0.2, -0.15) is 0 Å². The van der Waals surface area contributed by atoms with Gasteiger partial charge in [0.05, 0.1) is 7.85 Å². The van der Waals surface area contributed by atoms with Crippen LogP contribution in [0, 0.1) is 5.92 Å². The highest BCUT2D eigenvalue weighted by atomic mass is 16.4. The molecule has 0 fully saturated rings. The van der Waals surface area contributed by atoms with Crippen molar-refractivity contribution in [1.29, 1.82) is 0 Å². The van der Waals surface area contributed by atoms with Gasteiger partial charge in [0, 0.05) is 6.42 Å². The van der Waals surface area contributed by atoms with E-state index in [0.29, 0.717) is 12.3 Å². The van der Waals surface area contributed by atoms with Gasteiger partial charge in [0.2, 0.25) is 0 Å². The molecule has 2 nitrogen and oxygen atoms in total. The Balaban J connectivity index is 3.16. The van der Waals surface area contributed by atoms with E-state index in [1.807, 2.05) is 0 Å². The summed E-state index contributed by atoms with van der Waals surface area (Å²) in [7, 11) is 5.39. The Morgan fingerprint density at radius 3 is 2.46 bits per heavy atom. The van der Waals surface area contributed by atoms with Crippen LogP contribution in [0.3, 0.4) is 0 Å². The minimum Gasteiger partial charge on any atom is -0.481 e. The van der Waals surface area contributed by atoms with Crippen molar-refractivity contribution in [3.63, 3.8) is 0 Å². The van der Waals surface area contributed by atoms with Crippen LogP contribution in [0.15, 0.2) is 0 Å². The molecule has 0 aliphatic rings. The van der Waals surface area contributed by atoms with Crippen molar-refractivity contribution < 1.29 is 9.90 Å². The average Bonchev–Trinajstić information content (AvgIpc) is 2.08. The van der Waals surface area contributed by atoms with Crippen molar-refractivity contribution >= 4 is 13.8 Å². The molecule has 1 atom stereocenters. The van der Waals surface area contributed by atoms with Crippen molar-refractivity contribution in [3.8, 4) is 0 Å². The molecule has 0 rings (SSSR count). The largest absolute Gasteiger partial charge is 0.481 e. The Morgan fingerprint density at radius 1 is 1.31 bits per heavy atom. The Hall–Kier alpha value is -0.465. The van der Waals surface area contributed by atoms with Gasteiger partial charge in [-0.25, -0.2) is 0 Å². The summed E-state index contributed by atoms with van der Waals surface area (Å²) >= 11 is 0. The molecule has 0 saturated carbocycles. The number of rotatable bonds is 8. The lowest BCUT2D eigenvalue weighted by Crippen LogP contribution is -1.97. The van der Waals surface area contributed by atoms with Gasteiger partial charge in [-0.1, -0.05) is 38.9 Å². The molecule has 0 aromatic carbocycles. The lowest BCUT2D eigenvalue weighted by molar-refractivity contribution is -0.137. The molecular weight excluding hydrogens is 163 g/mol. The molecule has 2 radical (unpaired) electrons. The fourth-order valence-corrected chi connectivity index (χ4v) is 1.38. The first-order chi connectivity index (χ1) is 6.16. The van der Waals surface area contributed by atoms with Crippen molar-refractivity contribution in [2.24, 2.45) is 5.92 Å². The number of unbranched alkanes of at least 4 members (excludes halogenated alkanes) is 1. The molecule has 0 aromatic heterocycles. The van der Waals surface area contributed by atoms with Crippen LogP contribution >= 0.6 is 0 Å². The fourth-order valence-electron chi connectivity index (χ4n) is 1.38. The fraction of sp³-hybridized carbons (Fsp3) is 0.900. The van der Waals surface area contributed by atoms with Gasteiger partial charge in [-0.05, 0) is 12.3 Å². The second-order valence-corrected chi connectivity index (χ2v) is 3.68. The van der Waals surface area contributed by atoms with Gasteiger partial charge in [0.1, 0.15) is 0 Å². The maximum absolute atomic E-state index is 10.2. The summed E-state index contributed by atoms with van der Waals surface area (Å²) in [5, 5.41) is 8.40. The first-order valence-corrected chi connectivity index (χ1v) is 5.08. The molecule has 0 aromatic rings. The lowest BCUT2D eigenvalue weighted by atomic mass is 9.92. The zero-order valence-electron chi connectivity index (χ0n) is 8.46. The van der Waals surface area contributed by atoms with E-state index in [0.717, 1.165) is 32.0 Å². The van der Waals surface area contributed by atoms with Crippen LogP contribution in [0.2, 0.25) is 6.32 Å². The molecule has 0 spiro atoms. The average molecular weight is 182 g/mol. The maximum Gasteiger partial charge on any atom is 0.303 e. The predicted octanol–water partition coefficient (Wildman–Crippen LogP) is 2.63. The first-order valence-electron chi connectivity index (χ1n) is 5.08. The Morgan fingerprint density at radius 2 is 1.92 bits per heavy atom. The third kappa shape index (κ3) is 9.45. The summed E-state index contributed by atoms with van der Waals surface area (Å²) in [6, 6.07) is 0. The molecule has 0 heterocycles. The van der Waals surface area contributed by atoms with Crippen LogP contribution in [0.5, 0.6) is 0 Å². The number of carboxylic acids is 1. The van der Waals surface area contributed by atoms with Gasteiger partial charge >= 0.3 is 5.97 Å². The molecule has 1 N–H and O–H groups in total. The SMILES string of the molecule is [B]CCCC(C)CCCCC(=O)O. The van der Waals surface area contributed by atoms with Crippen LogP contribution in [-0.4, -0.2) is 18.9 Å². The second-order valence-electron chi connectivity index (χ2n) is 3.68. The van der Waals surface area contributed by atoms with Gasteiger partial charge in [-0.15, -0.1) is 0 Å². The minimum atomic E-state index is -0.686. The Kier molecular flexibility index (Phi) is 7.86. The number of hydrogen-bond acceptors (Lipinski definition) is 1. The van der Waals surface area contributed by atoms with E-state index in [4.69, 9.17) is 13.0 Å². The molecule has 0 aliphatic heterocycles. The molecule has 0 aliphatic carbocycles. The zero-order valence-corrected chi connectivity index (χ0v) is 8.46. The molecule has 13 heavy (non-hydrogen) atoms. The van der Waals surface area contributed by atoms with Crippen molar-refractivity contribution in [1.82, 2.24) is 0 Å². The van der Waals surface area contributed by atoms with E-state index in [1.54, 1.807) is 0 Å². The van der Waals surface area contributed by atoms with Crippen LogP contribution in [0.25, 0.3) is 0 Å². The Bertz CT molecular complexity index is 137. The van der Waals surface area contributed by atoms with E-state index >= 15 is 0 Å². The molecule has 1 unspecified atom stereocenters. The Labute approximate surface area is 82.1 Å². The zero-order chi connectivity index (χ0) is 10.1. The smallest absolute Gasteiger partial charge is 0.303 e. The summed E-state index contributed by atoms with van der Waals surface area (Å²) in [4.78, 5) is 10.2. The number of carbonyl (C=O) groups is 1.